The van der Waals surface area contributed by atoms with Gasteiger partial charge in [0.05, 0.1) is 4.92 Å². The van der Waals surface area contributed by atoms with Crippen LogP contribution in [0.3, 0.4) is 0 Å². The number of ketones is 2. The van der Waals surface area contributed by atoms with Gasteiger partial charge in [0.1, 0.15) is 12.2 Å². The molecule has 0 saturated carbocycles. The van der Waals surface area contributed by atoms with Gasteiger partial charge in [0.25, 0.3) is 5.70 Å². The van der Waals surface area contributed by atoms with Crippen molar-refractivity contribution in [2.75, 3.05) is 0 Å². The molecule has 7 nitrogen and oxygen atoms in total. The molecule has 2 N–H and O–H groups in total. The van der Waals surface area contributed by atoms with E-state index in [9.17, 15) is 29.9 Å². The molecule has 0 fully saturated rings. The van der Waals surface area contributed by atoms with Crippen LogP contribution in [0.4, 0.5) is 0 Å². The van der Waals surface area contributed by atoms with E-state index in [2.05, 4.69) is 0 Å². The molecular formula is C40H51NO6. The molecule has 2 atom stereocenters. The van der Waals surface area contributed by atoms with Gasteiger partial charge in [-0.25, -0.2) is 0 Å². The van der Waals surface area contributed by atoms with Crippen LogP contribution in [0.1, 0.15) is 82.1 Å². The second-order valence-electron chi connectivity index (χ2n) is 13.9. The number of nitrogens with zero attached hydrogens (tertiary/aromatic N) is 1. The molecule has 2 aliphatic carbocycles. The summed E-state index contributed by atoms with van der Waals surface area (Å²) in [6.07, 6.45) is 22.5. The fourth-order valence-electron chi connectivity index (χ4n) is 5.81. The highest BCUT2D eigenvalue weighted by Crippen LogP contribution is 2.40. The van der Waals surface area contributed by atoms with Crippen molar-refractivity contribution in [2.45, 2.75) is 94.3 Å². The lowest BCUT2D eigenvalue weighted by atomic mass is 9.71. The molecular weight excluding hydrogens is 590 g/mol. The molecule has 0 saturated heterocycles. The van der Waals surface area contributed by atoms with Gasteiger partial charge < -0.3 is 10.2 Å². The van der Waals surface area contributed by atoms with Crippen LogP contribution in [0.15, 0.2) is 129 Å². The summed E-state index contributed by atoms with van der Waals surface area (Å²) in [5, 5.41) is 31.8. The highest BCUT2D eigenvalue weighted by atomic mass is 16.6. The lowest BCUT2D eigenvalue weighted by Gasteiger charge is -2.34. The van der Waals surface area contributed by atoms with Gasteiger partial charge in [-0.3, -0.25) is 19.7 Å². The standard InChI is InChI=1S/C40H51NO6/c1-26(13-11-14-27(2)18-21-33-30(5)37(44)35(42)24-39(33,7)8)17-20-32(41(46)47)23-29(4)16-12-15-28(3)19-22-34-31(6)38(45)36(43)25-40(34,9)10/h11-23,35-36,42-43H,24-25H2,1-10H3/b13-11+,16-12+,21-18+,22-19+,26-17-,27-14+,28-15+,29-23+,32-20+/t35-,36-/m0/s1. The van der Waals surface area contributed by atoms with Crippen LogP contribution in [-0.2, 0) is 9.59 Å². The maximum absolute atomic E-state index is 12.3. The number of hydrogen-bond donors (Lipinski definition) is 2. The third-order valence-corrected chi connectivity index (χ3v) is 8.58. The number of hydrogen-bond acceptors (Lipinski definition) is 6. The van der Waals surface area contributed by atoms with Crippen LogP contribution in [0.25, 0.3) is 0 Å². The Balaban J connectivity index is 2.11. The van der Waals surface area contributed by atoms with Crippen molar-refractivity contribution in [1.82, 2.24) is 0 Å². The Morgan fingerprint density at radius 1 is 0.681 bits per heavy atom. The maximum Gasteiger partial charge on any atom is 0.269 e. The largest absolute Gasteiger partial charge is 0.385 e. The number of aliphatic hydroxyl groups excluding tert-OH is 2. The van der Waals surface area contributed by atoms with Crippen molar-refractivity contribution >= 4 is 11.6 Å². The van der Waals surface area contributed by atoms with Gasteiger partial charge in [-0.2, -0.15) is 0 Å². The number of aliphatic hydroxyl groups is 2. The first-order chi connectivity index (χ1) is 21.8. The van der Waals surface area contributed by atoms with Gasteiger partial charge in [0, 0.05) is 12.2 Å². The molecule has 0 aromatic carbocycles. The molecule has 0 unspecified atom stereocenters. The summed E-state index contributed by atoms with van der Waals surface area (Å²) < 4.78 is 0. The van der Waals surface area contributed by atoms with Gasteiger partial charge in [-0.15, -0.1) is 0 Å². The van der Waals surface area contributed by atoms with Crippen LogP contribution in [0.2, 0.25) is 0 Å². The number of Topliss-reactive ketones (excluding diaryl/α,β-unsaturated/α-hetero) is 2. The summed E-state index contributed by atoms with van der Waals surface area (Å²) in [7, 11) is 0. The molecule has 0 aromatic heterocycles. The highest BCUT2D eigenvalue weighted by Gasteiger charge is 2.37. The Hall–Kier alpha value is -4.20. The Kier molecular flexibility index (Phi) is 13.7. The third-order valence-electron chi connectivity index (χ3n) is 8.58. The average molecular weight is 642 g/mol. The Morgan fingerprint density at radius 2 is 1.06 bits per heavy atom. The number of carbonyl (C=O) groups excluding carboxylic acids is 2. The van der Waals surface area contributed by atoms with Crippen molar-refractivity contribution in [1.29, 1.82) is 0 Å². The van der Waals surface area contributed by atoms with E-state index < -0.39 is 17.1 Å². The lowest BCUT2D eigenvalue weighted by Crippen LogP contribution is -2.35. The van der Waals surface area contributed by atoms with E-state index in [-0.39, 0.29) is 28.1 Å². The lowest BCUT2D eigenvalue weighted by molar-refractivity contribution is -0.419. The molecule has 0 aromatic rings. The van der Waals surface area contributed by atoms with Crippen molar-refractivity contribution in [3.05, 3.63) is 139 Å². The Morgan fingerprint density at radius 3 is 1.47 bits per heavy atom. The topological polar surface area (TPSA) is 118 Å². The van der Waals surface area contributed by atoms with Crippen molar-refractivity contribution in [3.63, 3.8) is 0 Å². The van der Waals surface area contributed by atoms with E-state index >= 15 is 0 Å². The summed E-state index contributed by atoms with van der Waals surface area (Å²) in [6, 6.07) is 0. The molecule has 0 bridgehead atoms. The summed E-state index contributed by atoms with van der Waals surface area (Å²) in [6.45, 7) is 19.1. The molecule has 2 rings (SSSR count). The summed E-state index contributed by atoms with van der Waals surface area (Å²) in [5.41, 5.74) is 5.80. The molecule has 0 aliphatic heterocycles. The van der Waals surface area contributed by atoms with Gasteiger partial charge in [-0.1, -0.05) is 111 Å². The predicted molar refractivity (Wildman–Crippen MR) is 191 cm³/mol. The normalized spacial score (nSPS) is 23.9. The Bertz CT molecular complexity index is 1610. The Labute approximate surface area is 280 Å². The minimum Gasteiger partial charge on any atom is -0.385 e. The fraction of sp³-hybridized carbons (Fsp3) is 0.400. The first-order valence-corrected chi connectivity index (χ1v) is 15.9. The molecule has 0 radical (unpaired) electrons. The first-order valence-electron chi connectivity index (χ1n) is 15.9. The van der Waals surface area contributed by atoms with E-state index in [4.69, 9.17) is 0 Å². The van der Waals surface area contributed by atoms with Crippen molar-refractivity contribution in [2.24, 2.45) is 10.8 Å². The van der Waals surface area contributed by atoms with Crippen molar-refractivity contribution in [3.8, 4) is 0 Å². The zero-order valence-electron chi connectivity index (χ0n) is 29.5. The number of nitro groups is 1. The van der Waals surface area contributed by atoms with Gasteiger partial charge in [0.15, 0.2) is 11.6 Å². The molecule has 0 amide bonds. The van der Waals surface area contributed by atoms with E-state index in [1.165, 1.54) is 12.2 Å². The summed E-state index contributed by atoms with van der Waals surface area (Å²) in [4.78, 5) is 35.8. The van der Waals surface area contributed by atoms with Crippen LogP contribution >= 0.6 is 0 Å². The number of rotatable bonds is 11. The van der Waals surface area contributed by atoms with Crippen LogP contribution in [0, 0.1) is 20.9 Å². The molecule has 252 valence electrons. The predicted octanol–water partition coefficient (Wildman–Crippen LogP) is 8.51. The first kappa shape index (κ1) is 39.0. The van der Waals surface area contributed by atoms with E-state index in [0.29, 0.717) is 29.6 Å². The molecule has 0 spiro atoms. The summed E-state index contributed by atoms with van der Waals surface area (Å²) >= 11 is 0. The van der Waals surface area contributed by atoms with Gasteiger partial charge in [-0.05, 0) is 93.1 Å². The van der Waals surface area contributed by atoms with Gasteiger partial charge >= 0.3 is 0 Å². The van der Waals surface area contributed by atoms with Gasteiger partial charge in [0.2, 0.25) is 0 Å². The van der Waals surface area contributed by atoms with Crippen molar-refractivity contribution < 1.29 is 24.7 Å². The maximum atomic E-state index is 12.3. The quantitative estimate of drug-likeness (QED) is 0.133. The number of carbonyl (C=O) groups is 2. The second kappa shape index (κ2) is 16.6. The minimum absolute atomic E-state index is 0.0395. The van der Waals surface area contributed by atoms with E-state index in [0.717, 1.165) is 27.9 Å². The highest BCUT2D eigenvalue weighted by molar-refractivity contribution is 6.01. The zero-order chi connectivity index (χ0) is 35.7. The fourth-order valence-corrected chi connectivity index (χ4v) is 5.81. The van der Waals surface area contributed by atoms with E-state index in [1.54, 1.807) is 32.9 Å². The summed E-state index contributed by atoms with van der Waals surface area (Å²) in [5.74, 6) is -0.451. The third kappa shape index (κ3) is 11.2. The molecule has 7 heteroatoms. The number of allylic oxidation sites excluding steroid dienone is 19. The SMILES string of the molecule is CC1=C(/C=C/C(C)=C/C=C/C(C)=C\C=C(/C=C(C)/C=C/C=C(C)/C=C/C2=C(C)C(=O)[C@@H](O)CC2(C)C)[N+](=O)[O-])C(C)(C)C[C@H](O)C1=O. The monoisotopic (exact) mass is 641 g/mol. The minimum atomic E-state index is -0.958. The van der Waals surface area contributed by atoms with E-state index in [1.807, 2.05) is 103 Å². The smallest absolute Gasteiger partial charge is 0.269 e. The van der Waals surface area contributed by atoms with Crippen LogP contribution in [0.5, 0.6) is 0 Å². The zero-order valence-corrected chi connectivity index (χ0v) is 29.5. The molecule has 47 heavy (non-hydrogen) atoms. The van der Waals surface area contributed by atoms with Crippen LogP contribution < -0.4 is 0 Å². The average Bonchev–Trinajstić information content (AvgIpc) is 2.96. The van der Waals surface area contributed by atoms with Crippen LogP contribution in [-0.4, -0.2) is 38.9 Å². The molecule has 0 heterocycles. The second-order valence-corrected chi connectivity index (χ2v) is 13.9. The molecule has 2 aliphatic rings.